The molecule has 0 spiro atoms. The summed E-state index contributed by atoms with van der Waals surface area (Å²) in [5.74, 6) is -1.06. The number of hydrogen-bond donors (Lipinski definition) is 0. The minimum atomic E-state index is -0.655. The third-order valence-electron chi connectivity index (χ3n) is 3.78. The Kier molecular flexibility index (Phi) is 7.41. The lowest BCUT2D eigenvalue weighted by Gasteiger charge is -2.18. The van der Waals surface area contributed by atoms with Gasteiger partial charge in [-0.3, -0.25) is 4.79 Å². The molecular formula is C19H19Cl3O2. The van der Waals surface area contributed by atoms with Crippen LogP contribution >= 0.6 is 34.8 Å². The van der Waals surface area contributed by atoms with Gasteiger partial charge in [0.25, 0.3) is 0 Å². The van der Waals surface area contributed by atoms with Crippen molar-refractivity contribution in [1.29, 1.82) is 0 Å². The predicted molar refractivity (Wildman–Crippen MR) is 102 cm³/mol. The fraction of sp³-hybridized carbons (Fsp3) is 0.316. The zero-order valence-corrected chi connectivity index (χ0v) is 15.6. The van der Waals surface area contributed by atoms with Crippen molar-refractivity contribution in [2.75, 3.05) is 6.61 Å². The lowest BCUT2D eigenvalue weighted by molar-refractivity contribution is -0.146. The fourth-order valence-corrected chi connectivity index (χ4v) is 3.13. The van der Waals surface area contributed by atoms with Crippen LogP contribution < -0.4 is 0 Å². The summed E-state index contributed by atoms with van der Waals surface area (Å²) in [4.78, 5) is 12.0. The first kappa shape index (κ1) is 19.1. The van der Waals surface area contributed by atoms with Gasteiger partial charge < -0.3 is 4.74 Å². The van der Waals surface area contributed by atoms with E-state index in [9.17, 15) is 4.79 Å². The summed E-state index contributed by atoms with van der Waals surface area (Å²) in [6, 6.07) is 14.5. The van der Waals surface area contributed by atoms with Gasteiger partial charge in [-0.05, 0) is 42.2 Å². The normalized spacial score (nSPS) is 13.3. The highest BCUT2D eigenvalue weighted by molar-refractivity contribution is 6.56. The number of aryl methyl sites for hydroxylation is 1. The molecule has 0 aliphatic carbocycles. The Labute approximate surface area is 157 Å². The van der Waals surface area contributed by atoms with Crippen molar-refractivity contribution >= 4 is 51.5 Å². The molecule has 0 fully saturated rings. The van der Waals surface area contributed by atoms with E-state index in [0.29, 0.717) is 6.42 Å². The lowest BCUT2D eigenvalue weighted by Crippen LogP contribution is -2.25. The van der Waals surface area contributed by atoms with Gasteiger partial charge in [0.15, 0.2) is 0 Å². The Morgan fingerprint density at radius 2 is 1.88 bits per heavy atom. The topological polar surface area (TPSA) is 26.3 Å². The molecule has 0 aliphatic heterocycles. The van der Waals surface area contributed by atoms with Gasteiger partial charge in [0.2, 0.25) is 0 Å². The largest absolute Gasteiger partial charge is 0.465 e. The number of halogens is 3. The Morgan fingerprint density at radius 1 is 1.17 bits per heavy atom. The molecule has 0 unspecified atom stereocenters. The van der Waals surface area contributed by atoms with Crippen molar-refractivity contribution in [3.05, 3.63) is 58.6 Å². The van der Waals surface area contributed by atoms with E-state index in [2.05, 4.69) is 30.3 Å². The quantitative estimate of drug-likeness (QED) is 0.439. The highest BCUT2D eigenvalue weighted by Gasteiger charge is 2.26. The number of rotatable bonds is 7. The first-order chi connectivity index (χ1) is 11.5. The van der Waals surface area contributed by atoms with E-state index < -0.39 is 17.3 Å². The van der Waals surface area contributed by atoms with Gasteiger partial charge in [0.05, 0.1) is 17.9 Å². The molecule has 0 heterocycles. The second-order valence-electron chi connectivity index (χ2n) is 5.47. The van der Waals surface area contributed by atoms with Crippen LogP contribution in [0.4, 0.5) is 0 Å². The summed E-state index contributed by atoms with van der Waals surface area (Å²) in [5.41, 5.74) is 1.17. The van der Waals surface area contributed by atoms with Crippen molar-refractivity contribution in [3.8, 4) is 0 Å². The molecule has 0 radical (unpaired) electrons. The van der Waals surface area contributed by atoms with E-state index in [1.165, 1.54) is 22.4 Å². The van der Waals surface area contributed by atoms with Crippen LogP contribution in [0.15, 0.2) is 53.0 Å². The lowest BCUT2D eigenvalue weighted by atomic mass is 9.97. The van der Waals surface area contributed by atoms with Crippen LogP contribution in [0.5, 0.6) is 0 Å². The number of hydrogen-bond acceptors (Lipinski definition) is 2. The second kappa shape index (κ2) is 9.31. The Balaban J connectivity index is 2.06. The number of benzene rings is 2. The number of fused-ring (bicyclic) bond motifs is 1. The van der Waals surface area contributed by atoms with Crippen molar-refractivity contribution in [2.24, 2.45) is 5.92 Å². The van der Waals surface area contributed by atoms with Crippen LogP contribution in [-0.4, -0.2) is 18.0 Å². The zero-order chi connectivity index (χ0) is 17.5. The standard InChI is InChI=1S/C19H19Cl3O2/c1-2-24-19(23)16(12-18(21)22)17(20)10-8-13-7-9-14-5-3-4-6-15(14)11-13/h3-7,9,11-12,16-17H,2,8,10H2,1H3/t16-,17+/m0/s1. The fourth-order valence-electron chi connectivity index (χ4n) is 2.57. The first-order valence-corrected chi connectivity index (χ1v) is 9.01. The van der Waals surface area contributed by atoms with Crippen LogP contribution in [0.1, 0.15) is 18.9 Å². The number of esters is 1. The van der Waals surface area contributed by atoms with E-state index in [0.717, 1.165) is 6.42 Å². The van der Waals surface area contributed by atoms with Gasteiger partial charge in [0, 0.05) is 0 Å². The average Bonchev–Trinajstić information content (AvgIpc) is 2.57. The smallest absolute Gasteiger partial charge is 0.314 e. The van der Waals surface area contributed by atoms with Crippen LogP contribution in [0.3, 0.4) is 0 Å². The molecule has 5 heteroatoms. The molecule has 24 heavy (non-hydrogen) atoms. The molecule has 2 aromatic carbocycles. The van der Waals surface area contributed by atoms with E-state index in [1.54, 1.807) is 6.92 Å². The Bertz CT molecular complexity index is 723. The predicted octanol–water partition coefficient (Wildman–Crippen LogP) is 5.88. The maximum atomic E-state index is 12.0. The molecule has 0 aromatic heterocycles. The van der Waals surface area contributed by atoms with Crippen LogP contribution in [-0.2, 0) is 16.0 Å². The number of ether oxygens (including phenoxy) is 1. The highest BCUT2D eigenvalue weighted by Crippen LogP contribution is 2.25. The molecule has 0 saturated carbocycles. The van der Waals surface area contributed by atoms with Gasteiger partial charge in [0.1, 0.15) is 4.49 Å². The summed E-state index contributed by atoms with van der Waals surface area (Å²) in [6.07, 6.45) is 2.81. The molecule has 2 atom stereocenters. The van der Waals surface area contributed by atoms with Crippen molar-refractivity contribution in [3.63, 3.8) is 0 Å². The molecule has 2 nitrogen and oxygen atoms in total. The molecule has 0 aliphatic rings. The zero-order valence-electron chi connectivity index (χ0n) is 13.3. The third kappa shape index (κ3) is 5.41. The Hall–Kier alpha value is -1.22. The molecule has 2 aromatic rings. The van der Waals surface area contributed by atoms with Gasteiger partial charge in [-0.15, -0.1) is 11.6 Å². The van der Waals surface area contributed by atoms with Crippen LogP contribution in [0.25, 0.3) is 10.8 Å². The monoisotopic (exact) mass is 384 g/mol. The van der Waals surface area contributed by atoms with E-state index in [1.807, 2.05) is 12.1 Å². The summed E-state index contributed by atoms with van der Waals surface area (Å²) in [6.45, 7) is 2.04. The molecular weight excluding hydrogens is 367 g/mol. The summed E-state index contributed by atoms with van der Waals surface area (Å²) < 4.78 is 5.07. The number of alkyl halides is 1. The van der Waals surface area contributed by atoms with E-state index in [-0.39, 0.29) is 11.1 Å². The molecule has 128 valence electrons. The number of carbonyl (C=O) groups is 1. The van der Waals surface area contributed by atoms with Crippen molar-refractivity contribution in [1.82, 2.24) is 0 Å². The molecule has 0 N–H and O–H groups in total. The van der Waals surface area contributed by atoms with Crippen LogP contribution in [0, 0.1) is 5.92 Å². The molecule has 0 amide bonds. The highest BCUT2D eigenvalue weighted by atomic mass is 35.5. The van der Waals surface area contributed by atoms with Crippen molar-refractivity contribution < 1.29 is 9.53 Å². The summed E-state index contributed by atoms with van der Waals surface area (Å²) in [7, 11) is 0. The second-order valence-corrected chi connectivity index (χ2v) is 7.04. The van der Waals surface area contributed by atoms with Gasteiger partial charge in [-0.1, -0.05) is 65.7 Å². The maximum absolute atomic E-state index is 12.0. The summed E-state index contributed by atoms with van der Waals surface area (Å²) >= 11 is 17.8. The molecule has 2 rings (SSSR count). The maximum Gasteiger partial charge on any atom is 0.314 e. The first-order valence-electron chi connectivity index (χ1n) is 7.82. The van der Waals surface area contributed by atoms with Crippen molar-refractivity contribution in [2.45, 2.75) is 25.1 Å². The van der Waals surface area contributed by atoms with E-state index in [4.69, 9.17) is 39.5 Å². The minimum Gasteiger partial charge on any atom is -0.465 e. The van der Waals surface area contributed by atoms with Gasteiger partial charge in [-0.2, -0.15) is 0 Å². The SMILES string of the molecule is CCOC(=O)[C@@H](C=C(Cl)Cl)[C@H](Cl)CCc1ccc2ccccc2c1. The van der Waals surface area contributed by atoms with Gasteiger partial charge >= 0.3 is 5.97 Å². The van der Waals surface area contributed by atoms with Crippen LogP contribution in [0.2, 0.25) is 0 Å². The van der Waals surface area contributed by atoms with Gasteiger partial charge in [-0.25, -0.2) is 0 Å². The number of carbonyl (C=O) groups excluding carboxylic acids is 1. The third-order valence-corrected chi connectivity index (χ3v) is 4.52. The molecule has 0 bridgehead atoms. The average molecular weight is 386 g/mol. The minimum absolute atomic E-state index is 0.0180. The molecule has 0 saturated heterocycles. The summed E-state index contributed by atoms with van der Waals surface area (Å²) in [5, 5.41) is 1.94. The Morgan fingerprint density at radius 3 is 2.54 bits per heavy atom. The van der Waals surface area contributed by atoms with E-state index >= 15 is 0 Å².